The Morgan fingerprint density at radius 3 is 2.61 bits per heavy atom. The molecule has 2 fully saturated rings. The molecule has 0 aromatic heterocycles. The van der Waals surface area contributed by atoms with Gasteiger partial charge in [0.1, 0.15) is 5.60 Å². The van der Waals surface area contributed by atoms with Gasteiger partial charge in [0, 0.05) is 18.6 Å². The second-order valence-electron chi connectivity index (χ2n) is 6.08. The van der Waals surface area contributed by atoms with Crippen LogP contribution in [0.5, 0.6) is 0 Å². The minimum atomic E-state index is -0.464. The maximum absolute atomic E-state index is 11.6. The van der Waals surface area contributed by atoms with Gasteiger partial charge in [0.05, 0.1) is 0 Å². The Labute approximate surface area is 109 Å². The summed E-state index contributed by atoms with van der Waals surface area (Å²) in [6.07, 6.45) is 8.09. The van der Waals surface area contributed by atoms with Crippen molar-refractivity contribution in [3.63, 3.8) is 0 Å². The Bertz CT molecular complexity index is 312. The third-order valence-electron chi connectivity index (χ3n) is 4.80. The zero-order valence-corrected chi connectivity index (χ0v) is 11.2. The van der Waals surface area contributed by atoms with Gasteiger partial charge in [0.2, 0.25) is 0 Å². The van der Waals surface area contributed by atoms with Crippen LogP contribution in [0.25, 0.3) is 0 Å². The molecule has 2 saturated carbocycles. The van der Waals surface area contributed by atoms with Gasteiger partial charge in [-0.15, -0.1) is 0 Å². The Morgan fingerprint density at radius 2 is 2.11 bits per heavy atom. The molecule has 0 aromatic rings. The van der Waals surface area contributed by atoms with Crippen molar-refractivity contribution in [2.45, 2.75) is 51.0 Å². The van der Waals surface area contributed by atoms with E-state index >= 15 is 0 Å². The first kappa shape index (κ1) is 13.6. The van der Waals surface area contributed by atoms with Crippen molar-refractivity contribution in [3.05, 3.63) is 12.7 Å². The van der Waals surface area contributed by atoms with Gasteiger partial charge in [-0.05, 0) is 31.1 Å². The molecule has 0 saturated heterocycles. The highest BCUT2D eigenvalue weighted by Gasteiger charge is 2.47. The van der Waals surface area contributed by atoms with Crippen LogP contribution in [0.15, 0.2) is 12.7 Å². The van der Waals surface area contributed by atoms with Crippen molar-refractivity contribution in [2.24, 2.45) is 17.8 Å². The lowest BCUT2D eigenvalue weighted by atomic mass is 9.62. The number of hydrogen-bond acceptors (Lipinski definition) is 3. The van der Waals surface area contributed by atoms with Crippen molar-refractivity contribution in [3.8, 4) is 0 Å². The molecule has 0 spiro atoms. The molecule has 3 unspecified atom stereocenters. The summed E-state index contributed by atoms with van der Waals surface area (Å²) in [5, 5.41) is 9.48. The van der Waals surface area contributed by atoms with Gasteiger partial charge in [-0.25, -0.2) is 4.79 Å². The number of carbonyl (C=O) groups excluding carboxylic acids is 1. The molecule has 0 aliphatic heterocycles. The molecule has 2 aliphatic carbocycles. The predicted molar refractivity (Wildman–Crippen MR) is 70.0 cm³/mol. The number of hydrogen-bond donors (Lipinski definition) is 1. The SMILES string of the molecule is C=CC(=O)OC1(C(C)CO)CC2CCCC(C2)C1. The lowest BCUT2D eigenvalue weighted by molar-refractivity contribution is -0.174. The molecule has 3 heteroatoms. The second kappa shape index (κ2) is 5.43. The van der Waals surface area contributed by atoms with E-state index in [-0.39, 0.29) is 18.5 Å². The van der Waals surface area contributed by atoms with E-state index in [1.165, 1.54) is 31.8 Å². The van der Waals surface area contributed by atoms with Crippen LogP contribution in [0.1, 0.15) is 45.4 Å². The molecule has 2 rings (SSSR count). The standard InChI is InChI=1S/C15H24O3/c1-3-14(17)18-15(11(2)10-16)8-12-5-4-6-13(7-12)9-15/h3,11-13,16H,1,4-10H2,2H3. The van der Waals surface area contributed by atoms with Crippen molar-refractivity contribution in [2.75, 3.05) is 6.61 Å². The molecule has 0 radical (unpaired) electrons. The number of fused-ring (bicyclic) bond motifs is 2. The number of esters is 1. The zero-order valence-electron chi connectivity index (χ0n) is 11.2. The van der Waals surface area contributed by atoms with Gasteiger partial charge in [-0.1, -0.05) is 32.8 Å². The number of aliphatic hydroxyl groups excluding tert-OH is 1. The summed E-state index contributed by atoms with van der Waals surface area (Å²) in [4.78, 5) is 11.6. The monoisotopic (exact) mass is 252 g/mol. The normalized spacial score (nSPS) is 36.8. The van der Waals surface area contributed by atoms with Gasteiger partial charge in [-0.2, -0.15) is 0 Å². The largest absolute Gasteiger partial charge is 0.456 e. The van der Waals surface area contributed by atoms with E-state index in [9.17, 15) is 9.90 Å². The van der Waals surface area contributed by atoms with Crippen LogP contribution < -0.4 is 0 Å². The topological polar surface area (TPSA) is 46.5 Å². The van der Waals surface area contributed by atoms with Crippen molar-refractivity contribution in [1.82, 2.24) is 0 Å². The van der Waals surface area contributed by atoms with Crippen LogP contribution in [0, 0.1) is 17.8 Å². The Hall–Kier alpha value is -0.830. The summed E-state index contributed by atoms with van der Waals surface area (Å²) in [6.45, 7) is 5.53. The molecule has 102 valence electrons. The quantitative estimate of drug-likeness (QED) is 0.618. The number of rotatable bonds is 4. The summed E-state index contributed by atoms with van der Waals surface area (Å²) in [6, 6.07) is 0. The molecule has 2 aliphatic rings. The number of carbonyl (C=O) groups is 1. The van der Waals surface area contributed by atoms with Gasteiger partial charge in [-0.3, -0.25) is 0 Å². The van der Waals surface area contributed by atoms with E-state index in [1.807, 2.05) is 6.92 Å². The van der Waals surface area contributed by atoms with Crippen molar-refractivity contribution in [1.29, 1.82) is 0 Å². The van der Waals surface area contributed by atoms with Crippen LogP contribution >= 0.6 is 0 Å². The average molecular weight is 252 g/mol. The minimum absolute atomic E-state index is 0.00444. The Kier molecular flexibility index (Phi) is 4.10. The van der Waals surface area contributed by atoms with Gasteiger partial charge in [0.25, 0.3) is 0 Å². The highest BCUT2D eigenvalue weighted by atomic mass is 16.6. The maximum atomic E-state index is 11.6. The molecular weight excluding hydrogens is 228 g/mol. The van der Waals surface area contributed by atoms with E-state index in [0.29, 0.717) is 11.8 Å². The fourth-order valence-corrected chi connectivity index (χ4v) is 3.83. The lowest BCUT2D eigenvalue weighted by Gasteiger charge is -2.49. The molecular formula is C15H24O3. The minimum Gasteiger partial charge on any atom is -0.456 e. The molecule has 0 amide bonds. The van der Waals surface area contributed by atoms with Gasteiger partial charge < -0.3 is 9.84 Å². The third kappa shape index (κ3) is 2.61. The molecule has 0 heterocycles. The van der Waals surface area contributed by atoms with E-state index in [1.54, 1.807) is 0 Å². The smallest absolute Gasteiger partial charge is 0.330 e. The Morgan fingerprint density at radius 1 is 1.50 bits per heavy atom. The third-order valence-corrected chi connectivity index (χ3v) is 4.80. The van der Waals surface area contributed by atoms with Crippen LogP contribution in [0.2, 0.25) is 0 Å². The number of aliphatic hydroxyl groups is 1. The molecule has 2 bridgehead atoms. The highest BCUT2D eigenvalue weighted by Crippen LogP contribution is 2.49. The van der Waals surface area contributed by atoms with E-state index in [2.05, 4.69) is 6.58 Å². The van der Waals surface area contributed by atoms with E-state index < -0.39 is 5.60 Å². The van der Waals surface area contributed by atoms with E-state index in [4.69, 9.17) is 4.74 Å². The van der Waals surface area contributed by atoms with Crippen molar-refractivity contribution < 1.29 is 14.6 Å². The molecule has 18 heavy (non-hydrogen) atoms. The summed E-state index contributed by atoms with van der Waals surface area (Å²) in [7, 11) is 0. The summed E-state index contributed by atoms with van der Waals surface area (Å²) in [5.74, 6) is 0.966. The van der Waals surface area contributed by atoms with Crippen LogP contribution in [-0.2, 0) is 9.53 Å². The molecule has 1 N–H and O–H groups in total. The average Bonchev–Trinajstić information content (AvgIpc) is 2.37. The lowest BCUT2D eigenvalue weighted by Crippen LogP contribution is -2.50. The van der Waals surface area contributed by atoms with E-state index in [0.717, 1.165) is 12.8 Å². The van der Waals surface area contributed by atoms with Crippen LogP contribution in [0.3, 0.4) is 0 Å². The summed E-state index contributed by atoms with van der Waals surface area (Å²) < 4.78 is 5.70. The maximum Gasteiger partial charge on any atom is 0.330 e. The Balaban J connectivity index is 2.19. The van der Waals surface area contributed by atoms with Crippen molar-refractivity contribution >= 4 is 5.97 Å². The second-order valence-corrected chi connectivity index (χ2v) is 6.08. The molecule has 0 aromatic carbocycles. The number of ether oxygens (including phenoxy) is 1. The fourth-order valence-electron chi connectivity index (χ4n) is 3.83. The first-order chi connectivity index (χ1) is 8.59. The first-order valence-corrected chi connectivity index (χ1v) is 7.06. The summed E-state index contributed by atoms with van der Waals surface area (Å²) in [5.41, 5.74) is -0.464. The van der Waals surface area contributed by atoms with Gasteiger partial charge >= 0.3 is 5.97 Å². The summed E-state index contributed by atoms with van der Waals surface area (Å²) >= 11 is 0. The highest BCUT2D eigenvalue weighted by molar-refractivity contribution is 5.81. The van der Waals surface area contributed by atoms with Crippen LogP contribution in [0.4, 0.5) is 0 Å². The van der Waals surface area contributed by atoms with Crippen LogP contribution in [-0.4, -0.2) is 23.3 Å². The molecule has 3 atom stereocenters. The fraction of sp³-hybridized carbons (Fsp3) is 0.800. The zero-order chi connectivity index (χ0) is 13.2. The molecule has 3 nitrogen and oxygen atoms in total. The predicted octanol–water partition coefficient (Wildman–Crippen LogP) is 2.68. The first-order valence-electron chi connectivity index (χ1n) is 7.06. The van der Waals surface area contributed by atoms with Gasteiger partial charge in [0.15, 0.2) is 0 Å².